The molecule has 3 rings (SSSR count). The molecule has 3 aromatic rings. The fourth-order valence-corrected chi connectivity index (χ4v) is 7.38. The van der Waals surface area contributed by atoms with Crippen LogP contribution in [0.15, 0.2) is 54.7 Å². The van der Waals surface area contributed by atoms with Crippen molar-refractivity contribution in [3.8, 4) is 0 Å². The minimum Gasteiger partial charge on any atom is -0.467 e. The number of hydrogen-bond acceptors (Lipinski definition) is 12. The van der Waals surface area contributed by atoms with Gasteiger partial charge in [-0.15, -0.1) is 0 Å². The highest BCUT2D eigenvalue weighted by atomic mass is 16.6. The number of amides is 4. The van der Waals surface area contributed by atoms with Crippen molar-refractivity contribution in [1.82, 2.24) is 25.8 Å². The van der Waals surface area contributed by atoms with E-state index in [1.54, 1.807) is 106 Å². The van der Waals surface area contributed by atoms with Gasteiger partial charge in [0.25, 0.3) is 0 Å². The lowest BCUT2D eigenvalue weighted by Crippen LogP contribution is -2.56. The maximum atomic E-state index is 14.7. The molecule has 1 aromatic heterocycles. The van der Waals surface area contributed by atoms with Gasteiger partial charge in [-0.1, -0.05) is 90.4 Å². The maximum absolute atomic E-state index is 14.7. The summed E-state index contributed by atoms with van der Waals surface area (Å²) in [5.41, 5.74) is -0.575. The SMILES string of the molecule is CC[C@H](C)[C@H](NC(=O)[C@@H](NC(=O)OCc1ccccc1)[C@@H](c1ccc2c(C[C@H](NC(=O)[C@@H](NC(=O)OC(C)(C)C)C(C)C)C(=O)OC)cn(C(=O)OC(C)(C)C)c2c1)C(C)C)C(=O)OC(C)(C)C. The Morgan fingerprint density at radius 1 is 0.632 bits per heavy atom. The van der Waals surface area contributed by atoms with Crippen LogP contribution in [0.1, 0.15) is 133 Å². The number of nitrogens with one attached hydrogen (secondary N) is 4. The summed E-state index contributed by atoms with van der Waals surface area (Å²) in [6.45, 7) is 26.3. The van der Waals surface area contributed by atoms with Crippen molar-refractivity contribution in [1.29, 1.82) is 0 Å². The molecule has 376 valence electrons. The Morgan fingerprint density at radius 2 is 1.21 bits per heavy atom. The first-order chi connectivity index (χ1) is 31.4. The molecule has 0 unspecified atom stereocenters. The molecule has 68 heavy (non-hydrogen) atoms. The number of alkyl carbamates (subject to hydrolysis) is 2. The minimum absolute atomic E-state index is 0.0791. The maximum Gasteiger partial charge on any atom is 0.419 e. The fraction of sp³-hybridized carbons (Fsp3) is 0.588. The highest BCUT2D eigenvalue weighted by molar-refractivity contribution is 5.95. The number of fused-ring (bicyclic) bond motifs is 1. The Balaban J connectivity index is 2.21. The first kappa shape index (κ1) is 56.2. The number of hydrogen-bond donors (Lipinski definition) is 4. The van der Waals surface area contributed by atoms with E-state index in [0.29, 0.717) is 28.5 Å². The van der Waals surface area contributed by atoms with Gasteiger partial charge in [0.2, 0.25) is 11.8 Å². The van der Waals surface area contributed by atoms with E-state index in [4.69, 9.17) is 23.7 Å². The molecule has 0 bridgehead atoms. The molecule has 0 spiro atoms. The number of esters is 2. The lowest BCUT2D eigenvalue weighted by Gasteiger charge is -2.33. The predicted molar refractivity (Wildman–Crippen MR) is 258 cm³/mol. The molecule has 4 amide bonds. The summed E-state index contributed by atoms with van der Waals surface area (Å²) in [6, 6.07) is 9.46. The summed E-state index contributed by atoms with van der Waals surface area (Å²) in [7, 11) is 1.18. The topological polar surface area (TPSA) is 219 Å². The zero-order valence-electron chi connectivity index (χ0n) is 42.8. The average Bonchev–Trinajstić information content (AvgIpc) is 3.58. The van der Waals surface area contributed by atoms with Crippen molar-refractivity contribution in [2.45, 2.75) is 170 Å². The van der Waals surface area contributed by atoms with Gasteiger partial charge in [-0.05, 0) is 103 Å². The largest absolute Gasteiger partial charge is 0.467 e. The zero-order valence-corrected chi connectivity index (χ0v) is 42.8. The molecule has 0 radical (unpaired) electrons. The monoisotopic (exact) mass is 950 g/mol. The van der Waals surface area contributed by atoms with Crippen LogP contribution in [0.3, 0.4) is 0 Å². The normalized spacial score (nSPS) is 14.7. The summed E-state index contributed by atoms with van der Waals surface area (Å²) in [5.74, 6) is -4.65. The third kappa shape index (κ3) is 16.9. The number of ether oxygens (including phenoxy) is 5. The highest BCUT2D eigenvalue weighted by Crippen LogP contribution is 2.34. The van der Waals surface area contributed by atoms with Crippen molar-refractivity contribution in [2.24, 2.45) is 17.8 Å². The van der Waals surface area contributed by atoms with E-state index in [2.05, 4.69) is 21.3 Å². The van der Waals surface area contributed by atoms with Gasteiger partial charge in [-0.2, -0.15) is 0 Å². The highest BCUT2D eigenvalue weighted by Gasteiger charge is 2.39. The smallest absolute Gasteiger partial charge is 0.419 e. The number of methoxy groups -OCH3 is 1. The van der Waals surface area contributed by atoms with E-state index in [9.17, 15) is 33.6 Å². The van der Waals surface area contributed by atoms with Crippen molar-refractivity contribution in [2.75, 3.05) is 7.11 Å². The van der Waals surface area contributed by atoms with E-state index >= 15 is 0 Å². The predicted octanol–water partition coefficient (Wildman–Crippen LogP) is 8.08. The van der Waals surface area contributed by atoms with Crippen LogP contribution < -0.4 is 21.3 Å². The van der Waals surface area contributed by atoms with Crippen LogP contribution in [0.4, 0.5) is 14.4 Å². The molecule has 17 heteroatoms. The number of nitrogens with zero attached hydrogens (tertiary/aromatic N) is 1. The standard InChI is InChI=1S/C51H75N5O12/c1-17-31(6)40(45(60)66-49(7,8)9)53-43(58)41(55-46(61)65-28-32-21-19-18-20-22-32)38(29(2)3)33-23-24-35-34(27-56(37(35)26-33)48(63)68-51(13,14)15)25-36(44(59)64-16)52-42(57)39(30(4)5)54-47(62)67-50(10,11)12/h18-24,26-27,29-31,36,38-41H,17,25,28H2,1-16H3,(H,52,57)(H,53,58)(H,54,62)(H,55,61)/t31-,36-,38+,39-,40-,41-/m0/s1. The summed E-state index contributed by atoms with van der Waals surface area (Å²) < 4.78 is 28.9. The molecule has 0 saturated heterocycles. The van der Waals surface area contributed by atoms with Crippen molar-refractivity contribution in [3.05, 3.63) is 71.4 Å². The van der Waals surface area contributed by atoms with E-state index < -0.39 is 94.8 Å². The molecular weight excluding hydrogens is 875 g/mol. The summed E-state index contributed by atoms with van der Waals surface area (Å²) in [4.78, 5) is 95.9. The van der Waals surface area contributed by atoms with Crippen molar-refractivity contribution < 1.29 is 57.2 Å². The van der Waals surface area contributed by atoms with Gasteiger partial charge in [0.1, 0.15) is 47.6 Å². The lowest BCUT2D eigenvalue weighted by atomic mass is 9.81. The molecule has 17 nitrogen and oxygen atoms in total. The third-order valence-electron chi connectivity index (χ3n) is 10.8. The van der Waals surface area contributed by atoms with Gasteiger partial charge >= 0.3 is 30.2 Å². The van der Waals surface area contributed by atoms with Gasteiger partial charge in [0, 0.05) is 23.9 Å². The number of rotatable bonds is 18. The Hall–Kier alpha value is -6.13. The van der Waals surface area contributed by atoms with Crippen LogP contribution in [0.5, 0.6) is 0 Å². The van der Waals surface area contributed by atoms with Crippen LogP contribution in [0.25, 0.3) is 10.9 Å². The Morgan fingerprint density at radius 3 is 1.74 bits per heavy atom. The number of aromatic nitrogens is 1. The van der Waals surface area contributed by atoms with E-state index in [1.807, 2.05) is 45.9 Å². The quantitative estimate of drug-likeness (QED) is 0.0703. The number of carbonyl (C=O) groups is 7. The zero-order chi connectivity index (χ0) is 51.5. The van der Waals surface area contributed by atoms with Crippen LogP contribution in [-0.2, 0) is 55.9 Å². The van der Waals surface area contributed by atoms with Gasteiger partial charge in [0.15, 0.2) is 0 Å². The average molecular weight is 950 g/mol. The Bertz CT molecular complexity index is 2230. The lowest BCUT2D eigenvalue weighted by molar-refractivity contribution is -0.160. The van der Waals surface area contributed by atoms with Crippen LogP contribution in [-0.4, -0.2) is 94.7 Å². The molecule has 1 heterocycles. The van der Waals surface area contributed by atoms with Crippen LogP contribution >= 0.6 is 0 Å². The molecule has 0 fully saturated rings. The first-order valence-electron chi connectivity index (χ1n) is 23.2. The van der Waals surface area contributed by atoms with Crippen molar-refractivity contribution in [3.63, 3.8) is 0 Å². The molecule has 4 N–H and O–H groups in total. The van der Waals surface area contributed by atoms with Gasteiger partial charge in [-0.3, -0.25) is 14.2 Å². The van der Waals surface area contributed by atoms with Gasteiger partial charge in [-0.25, -0.2) is 24.0 Å². The summed E-state index contributed by atoms with van der Waals surface area (Å²) in [6.07, 6.45) is -0.565. The molecule has 2 aromatic carbocycles. The van der Waals surface area contributed by atoms with E-state index in [-0.39, 0.29) is 24.9 Å². The second-order valence-corrected chi connectivity index (χ2v) is 20.8. The third-order valence-corrected chi connectivity index (χ3v) is 10.8. The van der Waals surface area contributed by atoms with Crippen LogP contribution in [0, 0.1) is 17.8 Å². The van der Waals surface area contributed by atoms with Crippen molar-refractivity contribution >= 4 is 52.9 Å². The fourth-order valence-electron chi connectivity index (χ4n) is 7.38. The Kier molecular flexibility index (Phi) is 19.6. The summed E-state index contributed by atoms with van der Waals surface area (Å²) >= 11 is 0. The molecular formula is C51H75N5O12. The number of benzene rings is 2. The molecule has 0 saturated carbocycles. The molecule has 0 aliphatic carbocycles. The van der Waals surface area contributed by atoms with E-state index in [0.717, 1.165) is 5.56 Å². The number of carbonyl (C=O) groups excluding carboxylic acids is 7. The second kappa shape index (κ2) is 23.7. The second-order valence-electron chi connectivity index (χ2n) is 20.8. The first-order valence-corrected chi connectivity index (χ1v) is 23.2. The Labute approximate surface area is 401 Å². The van der Waals surface area contributed by atoms with E-state index in [1.165, 1.54) is 17.9 Å². The summed E-state index contributed by atoms with van der Waals surface area (Å²) in [5, 5.41) is 11.5. The van der Waals surface area contributed by atoms with Crippen LogP contribution in [0.2, 0.25) is 0 Å². The molecule has 6 atom stereocenters. The molecule has 0 aliphatic rings. The van der Waals surface area contributed by atoms with Gasteiger partial charge < -0.3 is 45.0 Å². The molecule has 0 aliphatic heterocycles. The minimum atomic E-state index is -1.32. The van der Waals surface area contributed by atoms with Gasteiger partial charge in [0.05, 0.1) is 12.6 Å².